The number of carbonyl (C=O) groups is 1. The Morgan fingerprint density at radius 2 is 2.29 bits per heavy atom. The number of ether oxygens (including phenoxy) is 1. The largest absolute Gasteiger partial charge is 0.383 e. The molecule has 0 fully saturated rings. The summed E-state index contributed by atoms with van der Waals surface area (Å²) >= 11 is 0. The molecule has 0 aromatic carbocycles. The van der Waals surface area contributed by atoms with Gasteiger partial charge in [0.05, 0.1) is 13.2 Å². The predicted molar refractivity (Wildman–Crippen MR) is 53.3 cm³/mol. The second kappa shape index (κ2) is 8.27. The lowest BCUT2D eigenvalue weighted by molar-refractivity contribution is -0.121. The van der Waals surface area contributed by atoms with Gasteiger partial charge in [0.2, 0.25) is 11.9 Å². The number of methoxy groups -OCH3 is 1. The summed E-state index contributed by atoms with van der Waals surface area (Å²) in [4.78, 5) is 14.8. The third kappa shape index (κ3) is 7.32. The molecule has 0 bridgehead atoms. The Kier molecular flexibility index (Phi) is 7.48. The Bertz CT molecular complexity index is 195. The van der Waals surface area contributed by atoms with Crippen LogP contribution >= 0.6 is 0 Å². The minimum Gasteiger partial charge on any atom is -0.383 e. The van der Waals surface area contributed by atoms with Gasteiger partial charge in [-0.1, -0.05) is 0 Å². The van der Waals surface area contributed by atoms with Crippen molar-refractivity contribution in [2.75, 3.05) is 26.8 Å². The number of nitrogens with zero attached hydrogens (tertiary/aromatic N) is 1. The first-order chi connectivity index (χ1) is 6.70. The van der Waals surface area contributed by atoms with Gasteiger partial charge in [0, 0.05) is 20.1 Å². The van der Waals surface area contributed by atoms with Crippen molar-refractivity contribution in [2.24, 2.45) is 16.6 Å². The smallest absolute Gasteiger partial charge is 0.221 e. The molecule has 0 radical (unpaired) electrons. The van der Waals surface area contributed by atoms with Crippen LogP contribution in [-0.4, -0.2) is 38.7 Å². The van der Waals surface area contributed by atoms with Crippen LogP contribution in [0.15, 0.2) is 4.99 Å². The van der Waals surface area contributed by atoms with Crippen molar-refractivity contribution in [1.82, 2.24) is 10.7 Å². The molecular weight excluding hydrogens is 186 g/mol. The van der Waals surface area contributed by atoms with Crippen LogP contribution in [0.1, 0.15) is 6.42 Å². The molecule has 1 amide bonds. The molecule has 0 atom stereocenters. The predicted octanol–water partition coefficient (Wildman–Crippen LogP) is -2.08. The third-order valence-electron chi connectivity index (χ3n) is 1.40. The highest BCUT2D eigenvalue weighted by atomic mass is 16.5. The van der Waals surface area contributed by atoms with Gasteiger partial charge in [-0.2, -0.15) is 0 Å². The van der Waals surface area contributed by atoms with Crippen molar-refractivity contribution in [3.63, 3.8) is 0 Å². The zero-order valence-electron chi connectivity index (χ0n) is 8.25. The van der Waals surface area contributed by atoms with Gasteiger partial charge in [-0.05, 0) is 0 Å². The average molecular weight is 203 g/mol. The van der Waals surface area contributed by atoms with Gasteiger partial charge in [0.1, 0.15) is 0 Å². The number of amides is 1. The lowest BCUT2D eigenvalue weighted by Crippen LogP contribution is -2.37. The molecular formula is C7H17N5O2. The van der Waals surface area contributed by atoms with Gasteiger partial charge in [0.25, 0.3) is 0 Å². The zero-order chi connectivity index (χ0) is 10.8. The van der Waals surface area contributed by atoms with E-state index in [2.05, 4.69) is 15.7 Å². The SMILES string of the molecule is COCCNC(=O)CCN=C(N)NN. The highest BCUT2D eigenvalue weighted by molar-refractivity contribution is 5.78. The van der Waals surface area contributed by atoms with Crippen molar-refractivity contribution in [3.05, 3.63) is 0 Å². The summed E-state index contributed by atoms with van der Waals surface area (Å²) in [5.74, 6) is 5.00. The summed E-state index contributed by atoms with van der Waals surface area (Å²) in [7, 11) is 1.57. The van der Waals surface area contributed by atoms with E-state index in [0.29, 0.717) is 19.7 Å². The number of aliphatic imine (C=N–C) groups is 1. The van der Waals surface area contributed by atoms with Crippen LogP contribution in [-0.2, 0) is 9.53 Å². The van der Waals surface area contributed by atoms with Crippen LogP contribution < -0.4 is 22.3 Å². The maximum Gasteiger partial charge on any atom is 0.221 e. The van der Waals surface area contributed by atoms with Crippen LogP contribution in [0.5, 0.6) is 0 Å². The molecule has 0 spiro atoms. The first-order valence-electron chi connectivity index (χ1n) is 4.23. The van der Waals surface area contributed by atoms with Gasteiger partial charge in [-0.15, -0.1) is 0 Å². The standard InChI is InChI=1S/C7H17N5O2/c1-14-5-4-10-6(13)2-3-11-7(8)12-9/h2-5,9H2,1H3,(H,10,13)(H3,8,11,12). The summed E-state index contributed by atoms with van der Waals surface area (Å²) < 4.78 is 4.76. The molecule has 0 aliphatic heterocycles. The molecule has 82 valence electrons. The highest BCUT2D eigenvalue weighted by Gasteiger charge is 1.98. The van der Waals surface area contributed by atoms with Crippen LogP contribution in [0.25, 0.3) is 0 Å². The first kappa shape index (κ1) is 12.7. The van der Waals surface area contributed by atoms with Gasteiger partial charge in [-0.3, -0.25) is 15.2 Å². The van der Waals surface area contributed by atoms with Crippen LogP contribution in [0.4, 0.5) is 0 Å². The van der Waals surface area contributed by atoms with Crippen LogP contribution in [0.2, 0.25) is 0 Å². The van der Waals surface area contributed by atoms with E-state index in [1.54, 1.807) is 7.11 Å². The van der Waals surface area contributed by atoms with E-state index in [1.165, 1.54) is 0 Å². The van der Waals surface area contributed by atoms with E-state index < -0.39 is 0 Å². The number of carbonyl (C=O) groups excluding carboxylic acids is 1. The van der Waals surface area contributed by atoms with E-state index in [1.807, 2.05) is 0 Å². The number of hydrazine groups is 1. The molecule has 0 aliphatic carbocycles. The minimum absolute atomic E-state index is 0.0874. The number of hydrogen-bond acceptors (Lipinski definition) is 4. The van der Waals surface area contributed by atoms with Crippen molar-refractivity contribution < 1.29 is 9.53 Å². The zero-order valence-corrected chi connectivity index (χ0v) is 8.25. The van der Waals surface area contributed by atoms with Crippen molar-refractivity contribution in [3.8, 4) is 0 Å². The first-order valence-corrected chi connectivity index (χ1v) is 4.23. The van der Waals surface area contributed by atoms with Crippen LogP contribution in [0, 0.1) is 0 Å². The van der Waals surface area contributed by atoms with Crippen LogP contribution in [0.3, 0.4) is 0 Å². The van der Waals surface area contributed by atoms with E-state index in [9.17, 15) is 4.79 Å². The Hall–Kier alpha value is -1.34. The normalized spacial score (nSPS) is 11.1. The Morgan fingerprint density at radius 1 is 1.57 bits per heavy atom. The maximum atomic E-state index is 11.1. The van der Waals surface area contributed by atoms with Gasteiger partial charge in [-0.25, -0.2) is 5.84 Å². The summed E-state index contributed by atoms with van der Waals surface area (Å²) in [5.41, 5.74) is 7.41. The molecule has 14 heavy (non-hydrogen) atoms. The number of hydrogen-bond donors (Lipinski definition) is 4. The fourth-order valence-electron chi connectivity index (χ4n) is 0.704. The number of nitrogens with two attached hydrogens (primary N) is 2. The van der Waals surface area contributed by atoms with Gasteiger partial charge >= 0.3 is 0 Å². The third-order valence-corrected chi connectivity index (χ3v) is 1.40. The lowest BCUT2D eigenvalue weighted by Gasteiger charge is -2.02. The van der Waals surface area contributed by atoms with E-state index in [4.69, 9.17) is 16.3 Å². The Morgan fingerprint density at radius 3 is 2.86 bits per heavy atom. The summed E-state index contributed by atoms with van der Waals surface area (Å²) in [5, 5.41) is 2.65. The molecule has 0 aromatic rings. The molecule has 0 heterocycles. The fourth-order valence-corrected chi connectivity index (χ4v) is 0.704. The second-order valence-corrected chi connectivity index (χ2v) is 2.50. The molecule has 0 unspecified atom stereocenters. The highest BCUT2D eigenvalue weighted by Crippen LogP contribution is 1.81. The molecule has 0 saturated carbocycles. The monoisotopic (exact) mass is 203 g/mol. The van der Waals surface area contributed by atoms with Gasteiger partial charge in [0.15, 0.2) is 0 Å². The Balaban J connectivity index is 3.44. The average Bonchev–Trinajstić information content (AvgIpc) is 2.18. The summed E-state index contributed by atoms with van der Waals surface area (Å²) in [6.07, 6.45) is 0.284. The van der Waals surface area contributed by atoms with Crippen molar-refractivity contribution >= 4 is 11.9 Å². The van der Waals surface area contributed by atoms with E-state index >= 15 is 0 Å². The minimum atomic E-state index is -0.0874. The molecule has 7 heteroatoms. The number of guanidine groups is 1. The molecule has 6 N–H and O–H groups in total. The van der Waals surface area contributed by atoms with Gasteiger partial charge < -0.3 is 15.8 Å². The van der Waals surface area contributed by atoms with Crippen molar-refractivity contribution in [1.29, 1.82) is 0 Å². The van der Waals surface area contributed by atoms with Crippen molar-refractivity contribution in [2.45, 2.75) is 6.42 Å². The molecule has 0 saturated heterocycles. The molecule has 7 nitrogen and oxygen atoms in total. The van der Waals surface area contributed by atoms with E-state index in [0.717, 1.165) is 0 Å². The second-order valence-electron chi connectivity index (χ2n) is 2.50. The number of rotatable bonds is 6. The molecule has 0 rings (SSSR count). The quantitative estimate of drug-likeness (QED) is 0.130. The fraction of sp³-hybridized carbons (Fsp3) is 0.714. The molecule has 0 aliphatic rings. The molecule has 0 aromatic heterocycles. The Labute approximate surface area is 82.8 Å². The topological polar surface area (TPSA) is 115 Å². The lowest BCUT2D eigenvalue weighted by atomic mass is 10.4. The van der Waals surface area contributed by atoms with E-state index in [-0.39, 0.29) is 18.3 Å². The summed E-state index contributed by atoms with van der Waals surface area (Å²) in [6.45, 7) is 1.32. The summed E-state index contributed by atoms with van der Waals surface area (Å²) in [6, 6.07) is 0. The number of nitrogens with one attached hydrogen (secondary N) is 2. The maximum absolute atomic E-state index is 11.1.